The van der Waals surface area contributed by atoms with Crippen molar-refractivity contribution in [2.45, 2.75) is 0 Å². The first-order valence-corrected chi connectivity index (χ1v) is 1.64. The van der Waals surface area contributed by atoms with Crippen molar-refractivity contribution in [1.29, 1.82) is 5.39 Å². The minimum absolute atomic E-state index is 0.125. The molecule has 0 fully saturated rings. The van der Waals surface area contributed by atoms with Crippen LogP contribution in [-0.2, 0) is 0 Å². The average molecular weight is 96.1 g/mol. The highest BCUT2D eigenvalue weighted by molar-refractivity contribution is 5.18. The molecule has 0 bridgehead atoms. The molecule has 1 rings (SSSR count). The Bertz CT molecular complexity index is 168. The van der Waals surface area contributed by atoms with Crippen molar-refractivity contribution in [3.05, 3.63) is 11.3 Å². The van der Waals surface area contributed by atoms with E-state index in [-0.39, 0.29) is 5.95 Å². The molecule has 1 aromatic heterocycles. The highest BCUT2D eigenvalue weighted by Gasteiger charge is 2.00. The first kappa shape index (κ1) is 3.74. The van der Waals surface area contributed by atoms with Crippen molar-refractivity contribution in [2.75, 3.05) is 0 Å². The number of hydrogen-bond donors (Lipinski definition) is 1. The van der Waals surface area contributed by atoms with Gasteiger partial charge in [-0.3, -0.25) is 0 Å². The number of nitrogens with zero attached hydrogens (tertiary/aromatic N) is 4. The summed E-state index contributed by atoms with van der Waals surface area (Å²) in [6.07, 6.45) is 1.26. The lowest BCUT2D eigenvalue weighted by atomic mass is 11.1. The van der Waals surface area contributed by atoms with Gasteiger partial charge < -0.3 is 0 Å². The fourth-order valence-electron chi connectivity index (χ4n) is 0.247. The van der Waals surface area contributed by atoms with E-state index in [0.717, 1.165) is 0 Å². The van der Waals surface area contributed by atoms with Crippen LogP contribution >= 0.6 is 0 Å². The van der Waals surface area contributed by atoms with Crippen LogP contribution in [0.4, 0.5) is 5.95 Å². The first-order chi connectivity index (χ1) is 3.43. The van der Waals surface area contributed by atoms with Crippen LogP contribution in [0.25, 0.3) is 4.98 Å². The fourth-order valence-corrected chi connectivity index (χ4v) is 0.247. The fraction of sp³-hybridized carbons (Fsp3) is 0. The topological polar surface area (TPSA) is 69.7 Å². The van der Waals surface area contributed by atoms with Crippen LogP contribution in [0.1, 0.15) is 0 Å². The van der Waals surface area contributed by atoms with E-state index in [0.29, 0.717) is 0 Å². The predicted molar refractivity (Wildman–Crippen MR) is 21.1 cm³/mol. The van der Waals surface area contributed by atoms with Crippen LogP contribution < -0.4 is 0 Å². The lowest BCUT2D eigenvalue weighted by Gasteiger charge is -1.48. The van der Waals surface area contributed by atoms with Crippen molar-refractivity contribution >= 4 is 5.95 Å². The third-order valence-electron chi connectivity index (χ3n) is 0.497. The van der Waals surface area contributed by atoms with E-state index < -0.39 is 0 Å². The minimum atomic E-state index is 0.125. The normalized spacial score (nSPS) is 7.86. The number of aromatic nitrogens is 3. The number of hydrogen-bond acceptors (Lipinski definition) is 3. The number of aromatic amines is 1. The maximum Gasteiger partial charge on any atom is 0.546 e. The van der Waals surface area contributed by atoms with Gasteiger partial charge in [-0.2, -0.15) is 0 Å². The van der Waals surface area contributed by atoms with Gasteiger partial charge in [0.25, 0.3) is 0 Å². The molecule has 0 spiro atoms. The summed E-state index contributed by atoms with van der Waals surface area (Å²) in [4.78, 5) is 6.15. The largest absolute Gasteiger partial charge is 0.546 e. The minimum Gasteiger partial charge on any atom is -0.133 e. The zero-order valence-electron chi connectivity index (χ0n) is 3.37. The molecule has 0 atom stereocenters. The zero-order valence-corrected chi connectivity index (χ0v) is 3.37. The Morgan fingerprint density at radius 2 is 2.71 bits per heavy atom. The summed E-state index contributed by atoms with van der Waals surface area (Å²) in [6, 6.07) is 0. The molecule has 1 aromatic rings. The van der Waals surface area contributed by atoms with Crippen LogP contribution in [-0.4, -0.2) is 15.2 Å². The quantitative estimate of drug-likeness (QED) is 0.472. The number of rotatable bonds is 0. The van der Waals surface area contributed by atoms with E-state index in [4.69, 9.17) is 5.39 Å². The Morgan fingerprint density at radius 3 is 3.00 bits per heavy atom. The SMILES string of the molecule is N#[N+]c1ncn[nH]1. The molecule has 0 aliphatic rings. The van der Waals surface area contributed by atoms with E-state index in [1.165, 1.54) is 6.33 Å². The van der Waals surface area contributed by atoms with Crippen molar-refractivity contribution in [3.63, 3.8) is 0 Å². The zero-order chi connectivity index (χ0) is 5.11. The van der Waals surface area contributed by atoms with Gasteiger partial charge in [0, 0.05) is 0 Å². The number of H-pyrrole nitrogens is 1. The third-order valence-corrected chi connectivity index (χ3v) is 0.497. The lowest BCUT2D eigenvalue weighted by molar-refractivity contribution is 1.10. The second kappa shape index (κ2) is 1.34. The molecular formula is C2H2N5+. The van der Waals surface area contributed by atoms with Crippen LogP contribution in [0.2, 0.25) is 0 Å². The summed E-state index contributed by atoms with van der Waals surface area (Å²) in [6.45, 7) is 0. The van der Waals surface area contributed by atoms with Crippen LogP contribution in [0, 0.1) is 5.39 Å². The molecule has 0 unspecified atom stereocenters. The van der Waals surface area contributed by atoms with Crippen molar-refractivity contribution in [3.8, 4) is 0 Å². The van der Waals surface area contributed by atoms with E-state index >= 15 is 0 Å². The molecule has 5 nitrogen and oxygen atoms in total. The molecule has 0 saturated carbocycles. The van der Waals surface area contributed by atoms with Crippen LogP contribution in [0.5, 0.6) is 0 Å². The molecule has 7 heavy (non-hydrogen) atoms. The van der Waals surface area contributed by atoms with Gasteiger partial charge in [0.1, 0.15) is 0 Å². The first-order valence-electron chi connectivity index (χ1n) is 1.64. The van der Waals surface area contributed by atoms with Crippen molar-refractivity contribution in [1.82, 2.24) is 15.2 Å². The summed E-state index contributed by atoms with van der Waals surface area (Å²) < 4.78 is 0. The van der Waals surface area contributed by atoms with E-state index in [9.17, 15) is 0 Å². The van der Waals surface area contributed by atoms with Gasteiger partial charge in [0.15, 0.2) is 0 Å². The lowest BCUT2D eigenvalue weighted by Crippen LogP contribution is -1.59. The Morgan fingerprint density at radius 1 is 1.86 bits per heavy atom. The smallest absolute Gasteiger partial charge is 0.133 e. The van der Waals surface area contributed by atoms with Gasteiger partial charge in [-0.15, -0.1) is 5.10 Å². The molecular weight excluding hydrogens is 94.1 g/mol. The molecule has 34 valence electrons. The van der Waals surface area contributed by atoms with Gasteiger partial charge in [0.2, 0.25) is 6.33 Å². The predicted octanol–water partition coefficient (Wildman–Crippen LogP) is 0.289. The van der Waals surface area contributed by atoms with E-state index in [1.54, 1.807) is 0 Å². The molecule has 0 aromatic carbocycles. The standard InChI is InChI=1S/C2H2N5/c3-6-2-4-1-5-7-2/h1H,(H,4,5,7)/q+1. The Hall–Kier alpha value is -1.44. The highest BCUT2D eigenvalue weighted by Crippen LogP contribution is 1.93. The molecule has 0 saturated heterocycles. The summed E-state index contributed by atoms with van der Waals surface area (Å²) >= 11 is 0. The molecule has 0 aliphatic heterocycles. The maximum atomic E-state index is 7.92. The van der Waals surface area contributed by atoms with E-state index in [2.05, 4.69) is 20.2 Å². The van der Waals surface area contributed by atoms with E-state index in [1.807, 2.05) is 0 Å². The van der Waals surface area contributed by atoms with Gasteiger partial charge in [-0.1, -0.05) is 5.10 Å². The highest BCUT2D eigenvalue weighted by atomic mass is 15.3. The van der Waals surface area contributed by atoms with Gasteiger partial charge in [-0.25, -0.2) is 0 Å². The van der Waals surface area contributed by atoms with Gasteiger partial charge >= 0.3 is 5.95 Å². The second-order valence-electron chi connectivity index (χ2n) is 0.909. The summed E-state index contributed by atoms with van der Waals surface area (Å²) in [5.41, 5.74) is 0. The summed E-state index contributed by atoms with van der Waals surface area (Å²) in [5.74, 6) is 0.125. The summed E-state index contributed by atoms with van der Waals surface area (Å²) in [5, 5.41) is 13.6. The molecule has 1 heterocycles. The van der Waals surface area contributed by atoms with Crippen LogP contribution in [0.3, 0.4) is 0 Å². The molecule has 5 heteroatoms. The molecule has 1 N–H and O–H groups in total. The Labute approximate surface area is 39.0 Å². The monoisotopic (exact) mass is 96.0 g/mol. The number of diazo groups is 1. The molecule has 0 amide bonds. The Balaban J connectivity index is 3.04. The van der Waals surface area contributed by atoms with Crippen molar-refractivity contribution in [2.24, 2.45) is 0 Å². The van der Waals surface area contributed by atoms with Crippen molar-refractivity contribution < 1.29 is 0 Å². The van der Waals surface area contributed by atoms with Crippen LogP contribution in [0.15, 0.2) is 6.33 Å². The second-order valence-corrected chi connectivity index (χ2v) is 0.909. The summed E-state index contributed by atoms with van der Waals surface area (Å²) in [7, 11) is 0. The average Bonchev–Trinajstić information content (AvgIpc) is 2.14. The number of nitrogens with one attached hydrogen (secondary N) is 1. The third kappa shape index (κ3) is 0.523. The van der Waals surface area contributed by atoms with Gasteiger partial charge in [-0.05, 0) is 9.96 Å². The van der Waals surface area contributed by atoms with Gasteiger partial charge in [0.05, 0.1) is 5.39 Å². The molecule has 0 aliphatic carbocycles. The molecule has 0 radical (unpaired) electrons. The maximum absolute atomic E-state index is 7.92. The Kier molecular flexibility index (Phi) is 0.717.